The van der Waals surface area contributed by atoms with E-state index in [1.807, 2.05) is 37.3 Å². The highest BCUT2D eigenvalue weighted by Gasteiger charge is 2.20. The van der Waals surface area contributed by atoms with Crippen LogP contribution in [0.25, 0.3) is 5.69 Å². The third-order valence-corrected chi connectivity index (χ3v) is 3.49. The molecular weight excluding hydrogens is 244 g/mol. The minimum absolute atomic E-state index is 0.0347. The molecule has 1 atom stereocenters. The Morgan fingerprint density at radius 2 is 2.00 bits per heavy atom. The monoisotopic (exact) mass is 262 g/mol. The third kappa shape index (κ3) is 2.38. The van der Waals surface area contributed by atoms with Crippen molar-refractivity contribution in [3.05, 3.63) is 41.6 Å². The van der Waals surface area contributed by atoms with Crippen LogP contribution in [0, 0.1) is 6.92 Å². The normalized spacial score (nSPS) is 12.6. The lowest BCUT2D eigenvalue weighted by molar-refractivity contribution is 0.427. The number of hydrogen-bond donors (Lipinski definition) is 2. The first-order valence-corrected chi connectivity index (χ1v) is 6.68. The molecule has 18 heavy (non-hydrogen) atoms. The second kappa shape index (κ2) is 5.48. The van der Waals surface area contributed by atoms with Crippen molar-refractivity contribution in [2.45, 2.75) is 31.9 Å². The number of benzene rings is 1. The summed E-state index contributed by atoms with van der Waals surface area (Å²) in [4.78, 5) is 0. The van der Waals surface area contributed by atoms with Gasteiger partial charge in [-0.05, 0) is 25.5 Å². The molecule has 1 N–H and O–H groups in total. The molecule has 0 spiro atoms. The Bertz CT molecular complexity index is 522. The Balaban J connectivity index is 2.44. The van der Waals surface area contributed by atoms with Crippen molar-refractivity contribution in [2.75, 3.05) is 0 Å². The molecule has 1 aromatic carbocycles. The Morgan fingerprint density at radius 3 is 2.61 bits per heavy atom. The maximum atomic E-state index is 10.3. The van der Waals surface area contributed by atoms with E-state index in [0.29, 0.717) is 0 Å². The van der Waals surface area contributed by atoms with Crippen LogP contribution in [0.5, 0.6) is 5.88 Å². The highest BCUT2D eigenvalue weighted by atomic mass is 32.1. The highest BCUT2D eigenvalue weighted by Crippen LogP contribution is 2.35. The number of para-hydroxylation sites is 1. The van der Waals surface area contributed by atoms with Crippen molar-refractivity contribution in [3.8, 4) is 11.6 Å². The number of aromatic hydroxyl groups is 1. The lowest BCUT2D eigenvalue weighted by atomic mass is 10.1. The predicted molar refractivity (Wildman–Crippen MR) is 76.6 cm³/mol. The first-order valence-electron chi connectivity index (χ1n) is 6.17. The van der Waals surface area contributed by atoms with Crippen LogP contribution in [0.3, 0.4) is 0 Å². The molecule has 0 fully saturated rings. The number of aromatic nitrogens is 2. The summed E-state index contributed by atoms with van der Waals surface area (Å²) >= 11 is 4.55. The predicted octanol–water partition coefficient (Wildman–Crippen LogP) is 3.66. The van der Waals surface area contributed by atoms with Crippen LogP contribution in [0.1, 0.15) is 36.3 Å². The zero-order valence-electron chi connectivity index (χ0n) is 10.7. The van der Waals surface area contributed by atoms with E-state index in [9.17, 15) is 5.11 Å². The van der Waals surface area contributed by atoms with Gasteiger partial charge in [-0.25, -0.2) is 4.68 Å². The van der Waals surface area contributed by atoms with Crippen molar-refractivity contribution in [2.24, 2.45) is 0 Å². The standard InChI is InChI=1S/C14H18N2OS/c1-3-7-12(18)13-10(2)15-16(14(13)17)11-8-5-4-6-9-11/h4-6,8-9,12,17-18H,3,7H2,1-2H3. The average Bonchev–Trinajstić information content (AvgIpc) is 2.66. The van der Waals surface area contributed by atoms with Crippen LogP contribution in [0.2, 0.25) is 0 Å². The molecule has 0 bridgehead atoms. The van der Waals surface area contributed by atoms with Gasteiger partial charge in [0.25, 0.3) is 0 Å². The fourth-order valence-electron chi connectivity index (χ4n) is 2.08. The van der Waals surface area contributed by atoms with Crippen LogP contribution < -0.4 is 0 Å². The molecule has 1 unspecified atom stereocenters. The van der Waals surface area contributed by atoms with E-state index in [2.05, 4.69) is 24.7 Å². The summed E-state index contributed by atoms with van der Waals surface area (Å²) in [6, 6.07) is 9.63. The Labute approximate surface area is 113 Å². The maximum Gasteiger partial charge on any atom is 0.218 e. The molecular formula is C14H18N2OS. The molecule has 2 rings (SSSR count). The van der Waals surface area contributed by atoms with Gasteiger partial charge in [0.05, 0.1) is 11.4 Å². The summed E-state index contributed by atoms with van der Waals surface area (Å²) in [6.07, 6.45) is 1.96. The minimum Gasteiger partial charge on any atom is -0.493 e. The molecule has 2 aromatic rings. The van der Waals surface area contributed by atoms with Gasteiger partial charge in [0.15, 0.2) is 0 Å². The molecule has 0 saturated carbocycles. The van der Waals surface area contributed by atoms with Crippen LogP contribution in [0.4, 0.5) is 0 Å². The Kier molecular flexibility index (Phi) is 3.97. The first kappa shape index (κ1) is 13.0. The van der Waals surface area contributed by atoms with Crippen LogP contribution in [-0.2, 0) is 0 Å². The van der Waals surface area contributed by atoms with E-state index < -0.39 is 0 Å². The molecule has 4 heteroatoms. The second-order valence-electron chi connectivity index (χ2n) is 4.37. The second-order valence-corrected chi connectivity index (χ2v) is 5.00. The fraction of sp³-hybridized carbons (Fsp3) is 0.357. The van der Waals surface area contributed by atoms with Gasteiger partial charge in [-0.3, -0.25) is 0 Å². The molecule has 0 aliphatic rings. The number of nitrogens with zero attached hydrogens (tertiary/aromatic N) is 2. The summed E-state index contributed by atoms with van der Waals surface area (Å²) in [7, 11) is 0. The van der Waals surface area contributed by atoms with Crippen LogP contribution in [0.15, 0.2) is 30.3 Å². The van der Waals surface area contributed by atoms with E-state index in [1.165, 1.54) is 0 Å². The van der Waals surface area contributed by atoms with Gasteiger partial charge in [-0.2, -0.15) is 17.7 Å². The van der Waals surface area contributed by atoms with Gasteiger partial charge in [-0.1, -0.05) is 31.5 Å². The van der Waals surface area contributed by atoms with Crippen molar-refractivity contribution in [1.29, 1.82) is 0 Å². The number of rotatable bonds is 4. The molecule has 0 radical (unpaired) electrons. The summed E-state index contributed by atoms with van der Waals surface area (Å²) in [6.45, 7) is 4.02. The zero-order valence-corrected chi connectivity index (χ0v) is 11.6. The number of hydrogen-bond acceptors (Lipinski definition) is 3. The topological polar surface area (TPSA) is 38.0 Å². The van der Waals surface area contributed by atoms with Crippen molar-refractivity contribution in [1.82, 2.24) is 9.78 Å². The molecule has 0 saturated heterocycles. The van der Waals surface area contributed by atoms with Crippen molar-refractivity contribution < 1.29 is 5.11 Å². The largest absolute Gasteiger partial charge is 0.493 e. The van der Waals surface area contributed by atoms with Crippen LogP contribution in [-0.4, -0.2) is 14.9 Å². The first-order chi connectivity index (χ1) is 8.65. The Hall–Kier alpha value is -1.42. The lowest BCUT2D eigenvalue weighted by Gasteiger charge is -2.09. The SMILES string of the molecule is CCCC(S)c1c(C)nn(-c2ccccc2)c1O. The molecule has 1 aromatic heterocycles. The van der Waals surface area contributed by atoms with Gasteiger partial charge in [-0.15, -0.1) is 0 Å². The fourth-order valence-corrected chi connectivity index (χ4v) is 2.64. The maximum absolute atomic E-state index is 10.3. The quantitative estimate of drug-likeness (QED) is 0.825. The molecule has 3 nitrogen and oxygen atoms in total. The average molecular weight is 262 g/mol. The summed E-state index contributed by atoms with van der Waals surface area (Å²) in [5.74, 6) is 0.201. The van der Waals surface area contributed by atoms with Gasteiger partial charge in [0.1, 0.15) is 0 Å². The molecule has 1 heterocycles. The van der Waals surface area contributed by atoms with Gasteiger partial charge in [0, 0.05) is 10.8 Å². The van der Waals surface area contributed by atoms with Gasteiger partial charge < -0.3 is 5.11 Å². The van der Waals surface area contributed by atoms with Gasteiger partial charge >= 0.3 is 0 Å². The van der Waals surface area contributed by atoms with Crippen molar-refractivity contribution >= 4 is 12.6 Å². The van der Waals surface area contributed by atoms with Crippen LogP contribution >= 0.6 is 12.6 Å². The summed E-state index contributed by atoms with van der Waals surface area (Å²) in [5, 5.41) is 14.7. The smallest absolute Gasteiger partial charge is 0.218 e. The summed E-state index contributed by atoms with van der Waals surface area (Å²) < 4.78 is 1.57. The lowest BCUT2D eigenvalue weighted by Crippen LogP contribution is -1.95. The minimum atomic E-state index is 0.0347. The van der Waals surface area contributed by atoms with E-state index in [0.717, 1.165) is 29.8 Å². The molecule has 96 valence electrons. The zero-order chi connectivity index (χ0) is 13.1. The summed E-state index contributed by atoms with van der Waals surface area (Å²) in [5.41, 5.74) is 2.54. The highest BCUT2D eigenvalue weighted by molar-refractivity contribution is 7.80. The number of thiol groups is 1. The molecule has 0 aliphatic carbocycles. The molecule has 0 amide bonds. The van der Waals surface area contributed by atoms with E-state index in [4.69, 9.17) is 0 Å². The Morgan fingerprint density at radius 1 is 1.33 bits per heavy atom. The van der Waals surface area contributed by atoms with E-state index >= 15 is 0 Å². The van der Waals surface area contributed by atoms with E-state index in [-0.39, 0.29) is 11.1 Å². The van der Waals surface area contributed by atoms with Crippen molar-refractivity contribution in [3.63, 3.8) is 0 Å². The van der Waals surface area contributed by atoms with Gasteiger partial charge in [0.2, 0.25) is 5.88 Å². The number of aryl methyl sites for hydroxylation is 1. The third-order valence-electron chi connectivity index (χ3n) is 2.98. The molecule has 0 aliphatic heterocycles. The van der Waals surface area contributed by atoms with E-state index in [1.54, 1.807) is 4.68 Å².